The minimum atomic E-state index is -0.00196. The summed E-state index contributed by atoms with van der Waals surface area (Å²) in [5, 5.41) is 0. The molecule has 0 unspecified atom stereocenters. The number of hydrogen-bond acceptors (Lipinski definition) is 3. The smallest absolute Gasteiger partial charge is 0.100 e. The molecule has 0 saturated heterocycles. The fourth-order valence-electron chi connectivity index (χ4n) is 10.9. The van der Waals surface area contributed by atoms with Gasteiger partial charge in [0.1, 0.15) is 6.67 Å². The molecule has 3 nitrogen and oxygen atoms in total. The van der Waals surface area contributed by atoms with Crippen LogP contribution in [-0.2, 0) is 5.41 Å². The second-order valence-corrected chi connectivity index (χ2v) is 17.3. The van der Waals surface area contributed by atoms with Crippen molar-refractivity contribution >= 4 is 39.8 Å². The van der Waals surface area contributed by atoms with Crippen LogP contribution < -0.4 is 14.7 Å². The number of rotatable bonds is 8. The number of fused-ring (bicyclic) bond motifs is 6. The van der Waals surface area contributed by atoms with Crippen molar-refractivity contribution in [2.45, 2.75) is 31.1 Å². The van der Waals surface area contributed by atoms with Gasteiger partial charge in [0.15, 0.2) is 0 Å². The zero-order chi connectivity index (χ0) is 41.7. The first kappa shape index (κ1) is 37.2. The summed E-state index contributed by atoms with van der Waals surface area (Å²) in [6.45, 7) is 0.707. The van der Waals surface area contributed by atoms with Gasteiger partial charge in [-0.1, -0.05) is 171 Å². The predicted molar refractivity (Wildman–Crippen MR) is 264 cm³/mol. The molecular formula is C60H47N3. The lowest BCUT2D eigenvalue weighted by molar-refractivity contribution is 0.550. The molecule has 302 valence electrons. The summed E-state index contributed by atoms with van der Waals surface area (Å²) in [4.78, 5) is 7.50. The van der Waals surface area contributed by atoms with Gasteiger partial charge in [0, 0.05) is 39.3 Å². The summed E-state index contributed by atoms with van der Waals surface area (Å²) >= 11 is 0. The molecule has 1 fully saturated rings. The minimum Gasteiger partial charge on any atom is -0.321 e. The zero-order valence-electron chi connectivity index (χ0n) is 35.2. The third-order valence-corrected chi connectivity index (χ3v) is 13.8. The number of anilines is 7. The molecule has 1 saturated carbocycles. The van der Waals surface area contributed by atoms with E-state index in [0.29, 0.717) is 6.67 Å². The highest BCUT2D eigenvalue weighted by Crippen LogP contribution is 2.60. The third kappa shape index (κ3) is 6.26. The molecular weight excluding hydrogens is 763 g/mol. The zero-order valence-corrected chi connectivity index (χ0v) is 35.2. The lowest BCUT2D eigenvalue weighted by Crippen LogP contribution is -2.24. The van der Waals surface area contributed by atoms with Crippen LogP contribution >= 0.6 is 0 Å². The summed E-state index contributed by atoms with van der Waals surface area (Å²) in [7, 11) is 0. The van der Waals surface area contributed by atoms with Crippen LogP contribution in [0.2, 0.25) is 0 Å². The Hall–Kier alpha value is -7.62. The van der Waals surface area contributed by atoms with Crippen LogP contribution in [0.25, 0.3) is 44.5 Å². The summed E-state index contributed by atoms with van der Waals surface area (Å²) in [6, 6.07) is 82.9. The van der Waals surface area contributed by atoms with Gasteiger partial charge in [-0.25, -0.2) is 0 Å². The van der Waals surface area contributed by atoms with E-state index in [1.165, 1.54) is 110 Å². The fraction of sp³-hybridized carbons (Fsp3) is 0.100. The van der Waals surface area contributed by atoms with Gasteiger partial charge in [0.25, 0.3) is 0 Å². The van der Waals surface area contributed by atoms with Crippen molar-refractivity contribution in [3.63, 3.8) is 0 Å². The summed E-state index contributed by atoms with van der Waals surface area (Å²) < 4.78 is 0. The Balaban J connectivity index is 1.13. The Morgan fingerprint density at radius 1 is 0.365 bits per heavy atom. The molecule has 0 aromatic heterocycles. The summed E-state index contributed by atoms with van der Waals surface area (Å²) in [5.41, 5.74) is 21.2. The number of nitrogens with zero attached hydrogens (tertiary/aromatic N) is 3. The molecule has 63 heavy (non-hydrogen) atoms. The van der Waals surface area contributed by atoms with Gasteiger partial charge in [-0.15, -0.1) is 0 Å². The number of para-hydroxylation sites is 3. The standard InChI is InChI=1S/C60H47N3/c1-5-18-43(19-6-1)45-30-34-49(35-31-45)63(50-36-32-46(33-37-50)44-20-7-2-8-21-44)58-41-56-53(51-26-13-14-28-55(51)60(56)38-15-16-39-60)40-54(58)52-27-17-29-57-59(52)62(48-24-11-4-12-25-48)42-61(57)47-22-9-3-10-23-47/h1-14,17-37,40-41H,15-16,38-39,42H2. The minimum absolute atomic E-state index is 0.00196. The van der Waals surface area contributed by atoms with E-state index < -0.39 is 0 Å². The van der Waals surface area contributed by atoms with Crippen molar-refractivity contribution in [2.75, 3.05) is 21.4 Å². The van der Waals surface area contributed by atoms with Crippen molar-refractivity contribution in [2.24, 2.45) is 0 Å². The van der Waals surface area contributed by atoms with Gasteiger partial charge in [-0.05, 0) is 124 Å². The van der Waals surface area contributed by atoms with E-state index in [1.54, 1.807) is 0 Å². The van der Waals surface area contributed by atoms with Gasteiger partial charge >= 0.3 is 0 Å². The maximum absolute atomic E-state index is 2.60. The van der Waals surface area contributed by atoms with E-state index in [1.807, 2.05) is 0 Å². The van der Waals surface area contributed by atoms with E-state index in [4.69, 9.17) is 0 Å². The van der Waals surface area contributed by atoms with Gasteiger partial charge in [-0.2, -0.15) is 0 Å². The highest BCUT2D eigenvalue weighted by molar-refractivity contribution is 6.03. The Morgan fingerprint density at radius 3 is 1.44 bits per heavy atom. The van der Waals surface area contributed by atoms with E-state index in [0.717, 1.165) is 11.4 Å². The van der Waals surface area contributed by atoms with E-state index in [2.05, 4.69) is 239 Å². The third-order valence-electron chi connectivity index (χ3n) is 13.8. The first-order chi connectivity index (χ1) is 31.2. The molecule has 9 aromatic rings. The second-order valence-electron chi connectivity index (χ2n) is 17.3. The summed E-state index contributed by atoms with van der Waals surface area (Å²) in [5.74, 6) is 0. The molecule has 9 aromatic carbocycles. The van der Waals surface area contributed by atoms with Crippen molar-refractivity contribution < 1.29 is 0 Å². The number of hydrogen-bond donors (Lipinski definition) is 0. The Morgan fingerprint density at radius 2 is 0.857 bits per heavy atom. The molecule has 1 heterocycles. The van der Waals surface area contributed by atoms with Crippen LogP contribution in [0.4, 0.5) is 39.8 Å². The van der Waals surface area contributed by atoms with E-state index in [9.17, 15) is 0 Å². The highest BCUT2D eigenvalue weighted by atomic mass is 15.4. The molecule has 12 rings (SSSR count). The van der Waals surface area contributed by atoms with Crippen LogP contribution in [0, 0.1) is 0 Å². The topological polar surface area (TPSA) is 9.72 Å². The van der Waals surface area contributed by atoms with Crippen LogP contribution in [0.3, 0.4) is 0 Å². The van der Waals surface area contributed by atoms with Crippen molar-refractivity contribution in [3.05, 3.63) is 236 Å². The lowest BCUT2D eigenvalue weighted by Gasteiger charge is -2.32. The van der Waals surface area contributed by atoms with Gasteiger partial charge in [0.2, 0.25) is 0 Å². The molecule has 2 aliphatic carbocycles. The summed E-state index contributed by atoms with van der Waals surface area (Å²) in [6.07, 6.45) is 4.82. The highest BCUT2D eigenvalue weighted by Gasteiger charge is 2.46. The molecule has 0 atom stereocenters. The molecule has 0 N–H and O–H groups in total. The van der Waals surface area contributed by atoms with Gasteiger partial charge < -0.3 is 14.7 Å². The first-order valence-electron chi connectivity index (χ1n) is 22.4. The molecule has 3 aliphatic rings. The molecule has 0 radical (unpaired) electrons. The maximum Gasteiger partial charge on any atom is 0.100 e. The molecule has 1 aliphatic heterocycles. The quantitative estimate of drug-likeness (QED) is 0.151. The predicted octanol–water partition coefficient (Wildman–Crippen LogP) is 16.2. The van der Waals surface area contributed by atoms with E-state index in [-0.39, 0.29) is 5.41 Å². The second kappa shape index (κ2) is 15.4. The van der Waals surface area contributed by atoms with E-state index >= 15 is 0 Å². The van der Waals surface area contributed by atoms with Crippen molar-refractivity contribution in [1.82, 2.24) is 0 Å². The Bertz CT molecular complexity index is 2980. The lowest BCUT2D eigenvalue weighted by atomic mass is 9.76. The van der Waals surface area contributed by atoms with Crippen molar-refractivity contribution in [1.29, 1.82) is 0 Å². The molecule has 0 amide bonds. The van der Waals surface area contributed by atoms with Gasteiger partial charge in [-0.3, -0.25) is 0 Å². The average molecular weight is 810 g/mol. The largest absolute Gasteiger partial charge is 0.321 e. The Kier molecular flexibility index (Phi) is 9.07. The first-order valence-corrected chi connectivity index (χ1v) is 22.4. The monoisotopic (exact) mass is 809 g/mol. The maximum atomic E-state index is 2.60. The van der Waals surface area contributed by atoms with Crippen molar-refractivity contribution in [3.8, 4) is 44.5 Å². The number of benzene rings is 9. The Labute approximate surface area is 370 Å². The van der Waals surface area contributed by atoms with Crippen LogP contribution in [0.1, 0.15) is 36.8 Å². The molecule has 1 spiro atoms. The normalized spacial score (nSPS) is 14.4. The van der Waals surface area contributed by atoms with Crippen LogP contribution in [0.5, 0.6) is 0 Å². The molecule has 0 bridgehead atoms. The van der Waals surface area contributed by atoms with Crippen LogP contribution in [-0.4, -0.2) is 6.67 Å². The average Bonchev–Trinajstić information content (AvgIpc) is 4.09. The van der Waals surface area contributed by atoms with Crippen LogP contribution in [0.15, 0.2) is 224 Å². The fourth-order valence-corrected chi connectivity index (χ4v) is 10.9. The molecule has 3 heteroatoms. The SMILES string of the molecule is c1ccc(-c2ccc(N(c3ccc(-c4ccccc4)cc3)c3cc4c(cc3-c3cccc5c3N(c3ccccc3)CN5c3ccccc3)-c3ccccc3C43CCCC3)cc2)cc1. The van der Waals surface area contributed by atoms with Gasteiger partial charge in [0.05, 0.1) is 17.1 Å².